The quantitative estimate of drug-likeness (QED) is 0.462. The number of aliphatic imine (C=N–C) groups is 1. The summed E-state index contributed by atoms with van der Waals surface area (Å²) >= 11 is 1.77. The summed E-state index contributed by atoms with van der Waals surface area (Å²) in [7, 11) is 3.47. The lowest BCUT2D eigenvalue weighted by molar-refractivity contribution is -0.127. The summed E-state index contributed by atoms with van der Waals surface area (Å²) in [5.41, 5.74) is 1.13. The van der Waals surface area contributed by atoms with Crippen LogP contribution in [0.4, 0.5) is 0 Å². The van der Waals surface area contributed by atoms with Crippen molar-refractivity contribution in [3.8, 4) is 5.75 Å². The molecule has 2 N–H and O–H groups in total. The van der Waals surface area contributed by atoms with E-state index in [1.807, 2.05) is 18.2 Å². The number of carbonyl (C=O) groups excluding carboxylic acids is 1. The molecule has 1 aromatic carbocycles. The van der Waals surface area contributed by atoms with E-state index in [1.165, 1.54) is 0 Å². The Balaban J connectivity index is 2.07. The van der Waals surface area contributed by atoms with Crippen LogP contribution in [0.3, 0.4) is 0 Å². The van der Waals surface area contributed by atoms with Crippen LogP contribution in [0.1, 0.15) is 18.0 Å². The lowest BCUT2D eigenvalue weighted by atomic mass is 10.0. The minimum atomic E-state index is -0.0201. The lowest BCUT2D eigenvalue weighted by Crippen LogP contribution is -2.42. The Bertz CT molecular complexity index is 577. The molecule has 1 heterocycles. The number of likely N-dealkylation sites (N-methyl/N-ethyl adjacent to an activating group) is 1. The van der Waals surface area contributed by atoms with Crippen LogP contribution in [0, 0.1) is 0 Å². The third-order valence-electron chi connectivity index (χ3n) is 3.74. The van der Waals surface area contributed by atoms with Gasteiger partial charge in [0.1, 0.15) is 12.3 Å². The van der Waals surface area contributed by atoms with Crippen molar-refractivity contribution in [1.82, 2.24) is 15.5 Å². The number of benzene rings is 1. The van der Waals surface area contributed by atoms with E-state index in [0.717, 1.165) is 30.0 Å². The van der Waals surface area contributed by atoms with E-state index in [4.69, 9.17) is 4.74 Å². The highest BCUT2D eigenvalue weighted by atomic mass is 32.2. The molecule has 0 spiro atoms. The van der Waals surface area contributed by atoms with Gasteiger partial charge in [-0.15, -0.1) is 0 Å². The van der Waals surface area contributed by atoms with E-state index < -0.39 is 0 Å². The van der Waals surface area contributed by atoms with Gasteiger partial charge in [0.15, 0.2) is 5.96 Å². The average molecular weight is 350 g/mol. The van der Waals surface area contributed by atoms with Gasteiger partial charge in [0.2, 0.25) is 5.91 Å². The molecule has 7 heteroatoms. The van der Waals surface area contributed by atoms with Crippen molar-refractivity contribution in [1.29, 1.82) is 0 Å². The minimum Gasteiger partial charge on any atom is -0.493 e. The fourth-order valence-electron chi connectivity index (χ4n) is 2.37. The molecule has 0 saturated carbocycles. The molecule has 1 amide bonds. The number of amides is 1. The number of ether oxygens (including phenoxy) is 1. The highest BCUT2D eigenvalue weighted by Gasteiger charge is 2.22. The van der Waals surface area contributed by atoms with Crippen LogP contribution in [0.2, 0.25) is 0 Å². The molecule has 24 heavy (non-hydrogen) atoms. The highest BCUT2D eigenvalue weighted by Crippen LogP contribution is 2.31. The summed E-state index contributed by atoms with van der Waals surface area (Å²) in [6, 6.07) is 8.16. The first-order valence-electron chi connectivity index (χ1n) is 8.07. The smallest absolute Gasteiger partial charge is 0.243 e. The van der Waals surface area contributed by atoms with E-state index >= 15 is 0 Å². The van der Waals surface area contributed by atoms with Gasteiger partial charge in [-0.25, -0.2) is 4.99 Å². The van der Waals surface area contributed by atoms with Gasteiger partial charge in [0, 0.05) is 38.4 Å². The summed E-state index contributed by atoms with van der Waals surface area (Å²) in [4.78, 5) is 17.8. The number of carbonyl (C=O) groups is 1. The number of nitrogens with one attached hydrogen (secondary N) is 2. The molecule has 0 fully saturated rings. The van der Waals surface area contributed by atoms with Crippen molar-refractivity contribution >= 4 is 23.6 Å². The third-order valence-corrected chi connectivity index (χ3v) is 4.35. The van der Waals surface area contributed by atoms with Crippen molar-refractivity contribution in [3.05, 3.63) is 29.8 Å². The zero-order valence-corrected chi connectivity index (χ0v) is 15.4. The first-order chi connectivity index (χ1) is 11.6. The van der Waals surface area contributed by atoms with Crippen molar-refractivity contribution < 1.29 is 9.53 Å². The normalized spacial score (nSPS) is 16.8. The molecule has 6 nitrogen and oxygen atoms in total. The van der Waals surface area contributed by atoms with Gasteiger partial charge in [-0.3, -0.25) is 4.79 Å². The molecule has 0 aliphatic carbocycles. The van der Waals surface area contributed by atoms with E-state index in [2.05, 4.69) is 27.9 Å². The summed E-state index contributed by atoms with van der Waals surface area (Å²) in [5.74, 6) is 2.54. The number of guanidine groups is 1. The predicted molar refractivity (Wildman–Crippen MR) is 99.8 cm³/mol. The van der Waals surface area contributed by atoms with Crippen molar-refractivity contribution in [2.24, 2.45) is 4.99 Å². The Hall–Kier alpha value is -1.89. The Kier molecular flexibility index (Phi) is 7.24. The largest absolute Gasteiger partial charge is 0.493 e. The van der Waals surface area contributed by atoms with Crippen LogP contribution in [0.5, 0.6) is 5.75 Å². The molecule has 132 valence electrons. The Labute approximate surface area is 148 Å². The molecule has 2 rings (SSSR count). The summed E-state index contributed by atoms with van der Waals surface area (Å²) in [5, 5.41) is 6.74. The number of rotatable bonds is 6. The fraction of sp³-hybridized carbons (Fsp3) is 0.529. The fourth-order valence-corrected chi connectivity index (χ4v) is 2.68. The Morgan fingerprint density at radius 3 is 2.96 bits per heavy atom. The maximum Gasteiger partial charge on any atom is 0.243 e. The second kappa shape index (κ2) is 9.42. The van der Waals surface area contributed by atoms with Gasteiger partial charge >= 0.3 is 0 Å². The number of hydrogen-bond donors (Lipinski definition) is 2. The van der Waals surface area contributed by atoms with Gasteiger partial charge in [-0.2, -0.15) is 11.8 Å². The monoisotopic (exact) mass is 350 g/mol. The summed E-state index contributed by atoms with van der Waals surface area (Å²) < 4.78 is 5.70. The third kappa shape index (κ3) is 5.33. The number of nitrogens with zero attached hydrogens (tertiary/aromatic N) is 2. The predicted octanol–water partition coefficient (Wildman–Crippen LogP) is 1.50. The second-order valence-electron chi connectivity index (χ2n) is 5.74. The van der Waals surface area contributed by atoms with Crippen LogP contribution in [-0.2, 0) is 4.79 Å². The second-order valence-corrected chi connectivity index (χ2v) is 6.73. The zero-order chi connectivity index (χ0) is 17.4. The van der Waals surface area contributed by atoms with Gasteiger partial charge in [-0.1, -0.05) is 18.2 Å². The van der Waals surface area contributed by atoms with Gasteiger partial charge < -0.3 is 20.3 Å². The first kappa shape index (κ1) is 18.4. The molecule has 1 aliphatic rings. The molecule has 0 bridgehead atoms. The van der Waals surface area contributed by atoms with E-state index in [0.29, 0.717) is 12.6 Å². The molecule has 1 aliphatic heterocycles. The van der Waals surface area contributed by atoms with Gasteiger partial charge in [-0.05, 0) is 12.3 Å². The summed E-state index contributed by atoms with van der Waals surface area (Å²) in [6.07, 6.45) is 2.93. The zero-order valence-electron chi connectivity index (χ0n) is 14.5. The first-order valence-corrected chi connectivity index (χ1v) is 9.47. The SMILES string of the molecule is CSCCNC(=NCC(=O)N(C)C)NC1CCOc2ccccc21. The topological polar surface area (TPSA) is 66.0 Å². The van der Waals surface area contributed by atoms with Crippen LogP contribution in [0.15, 0.2) is 29.3 Å². The molecular weight excluding hydrogens is 324 g/mol. The van der Waals surface area contributed by atoms with Crippen LogP contribution in [0.25, 0.3) is 0 Å². The van der Waals surface area contributed by atoms with Crippen molar-refractivity contribution in [2.75, 3.05) is 45.8 Å². The number of fused-ring (bicyclic) bond motifs is 1. The van der Waals surface area contributed by atoms with E-state index in [9.17, 15) is 4.79 Å². The van der Waals surface area contributed by atoms with Gasteiger partial charge in [0.25, 0.3) is 0 Å². The summed E-state index contributed by atoms with van der Waals surface area (Å²) in [6.45, 7) is 1.60. The number of thioether (sulfide) groups is 1. The number of para-hydroxylation sites is 1. The van der Waals surface area contributed by atoms with Crippen LogP contribution in [-0.4, -0.2) is 62.6 Å². The molecule has 0 radical (unpaired) electrons. The van der Waals surface area contributed by atoms with Crippen molar-refractivity contribution in [3.63, 3.8) is 0 Å². The van der Waals surface area contributed by atoms with Gasteiger partial charge in [0.05, 0.1) is 12.6 Å². The Morgan fingerprint density at radius 2 is 2.21 bits per heavy atom. The van der Waals surface area contributed by atoms with Crippen LogP contribution < -0.4 is 15.4 Å². The maximum atomic E-state index is 11.8. The van der Waals surface area contributed by atoms with E-state index in [-0.39, 0.29) is 18.5 Å². The number of hydrogen-bond acceptors (Lipinski definition) is 4. The minimum absolute atomic E-state index is 0.0201. The maximum absolute atomic E-state index is 11.8. The highest BCUT2D eigenvalue weighted by molar-refractivity contribution is 7.98. The lowest BCUT2D eigenvalue weighted by Gasteiger charge is -2.28. The van der Waals surface area contributed by atoms with E-state index in [1.54, 1.807) is 30.8 Å². The average Bonchev–Trinajstić information content (AvgIpc) is 2.59. The molecular formula is C17H26N4O2S. The molecule has 1 aromatic rings. The standard InChI is InChI=1S/C17H26N4O2S/c1-21(2)16(22)12-19-17(18-9-11-24-3)20-14-8-10-23-15-7-5-4-6-13(14)15/h4-7,14H,8-12H2,1-3H3,(H2,18,19,20). The Morgan fingerprint density at radius 1 is 1.42 bits per heavy atom. The van der Waals surface area contributed by atoms with Crippen molar-refractivity contribution in [2.45, 2.75) is 12.5 Å². The molecule has 1 atom stereocenters. The molecule has 1 unspecified atom stereocenters. The molecule has 0 aromatic heterocycles. The molecule has 0 saturated heterocycles. The van der Waals surface area contributed by atoms with Crippen LogP contribution >= 0.6 is 11.8 Å².